The van der Waals surface area contributed by atoms with Crippen LogP contribution >= 0.6 is 11.6 Å². The van der Waals surface area contributed by atoms with Crippen LogP contribution in [0.25, 0.3) is 0 Å². The van der Waals surface area contributed by atoms with E-state index < -0.39 is 6.04 Å². The Morgan fingerprint density at radius 1 is 1.28 bits per heavy atom. The molecule has 2 unspecified atom stereocenters. The molecule has 2 aromatic rings. The fraction of sp³-hybridized carbons (Fsp3) is 0.278. The first-order valence-corrected chi connectivity index (χ1v) is 8.30. The van der Waals surface area contributed by atoms with E-state index in [1.54, 1.807) is 24.3 Å². The predicted octanol–water partition coefficient (Wildman–Crippen LogP) is 2.91. The lowest BCUT2D eigenvalue weighted by molar-refractivity contribution is -0.117. The summed E-state index contributed by atoms with van der Waals surface area (Å²) in [7, 11) is 1.54. The van der Waals surface area contributed by atoms with Gasteiger partial charge in [-0.25, -0.2) is 10.9 Å². The van der Waals surface area contributed by atoms with Crippen molar-refractivity contribution in [2.75, 3.05) is 12.4 Å². The van der Waals surface area contributed by atoms with Crippen LogP contribution in [0.2, 0.25) is 5.02 Å². The largest absolute Gasteiger partial charge is 0.508 e. The number of carbonyl (C=O) groups is 1. The van der Waals surface area contributed by atoms with Crippen LogP contribution in [-0.4, -0.2) is 24.2 Å². The Bertz CT molecular complexity index is 797. The molecule has 1 aliphatic heterocycles. The third-order valence-corrected chi connectivity index (χ3v) is 4.49. The van der Waals surface area contributed by atoms with Crippen molar-refractivity contribution < 1.29 is 14.6 Å². The molecule has 0 bridgehead atoms. The van der Waals surface area contributed by atoms with Gasteiger partial charge >= 0.3 is 0 Å². The first-order chi connectivity index (χ1) is 12.0. The van der Waals surface area contributed by atoms with Gasteiger partial charge in [-0.15, -0.1) is 0 Å². The van der Waals surface area contributed by atoms with Gasteiger partial charge in [0.1, 0.15) is 17.5 Å². The monoisotopic (exact) mass is 361 g/mol. The van der Waals surface area contributed by atoms with E-state index in [4.69, 9.17) is 16.3 Å². The van der Waals surface area contributed by atoms with Gasteiger partial charge < -0.3 is 15.2 Å². The Hall–Kier alpha value is -2.28. The maximum absolute atomic E-state index is 12.5. The second-order valence-corrected chi connectivity index (χ2v) is 6.44. The van der Waals surface area contributed by atoms with E-state index in [1.165, 1.54) is 7.11 Å². The number of rotatable bonds is 4. The van der Waals surface area contributed by atoms with Crippen LogP contribution in [-0.2, 0) is 4.79 Å². The van der Waals surface area contributed by atoms with Gasteiger partial charge in [0.05, 0.1) is 18.2 Å². The number of phenols is 1. The number of hydrazine groups is 1. The molecule has 1 amide bonds. The van der Waals surface area contributed by atoms with E-state index >= 15 is 0 Å². The molecule has 1 saturated heterocycles. The molecule has 7 heteroatoms. The van der Waals surface area contributed by atoms with Crippen molar-refractivity contribution in [1.82, 2.24) is 10.9 Å². The molecule has 1 fully saturated rings. The average Bonchev–Trinajstić information content (AvgIpc) is 3.07. The summed E-state index contributed by atoms with van der Waals surface area (Å²) in [6, 6.07) is 9.93. The molecule has 132 valence electrons. The summed E-state index contributed by atoms with van der Waals surface area (Å²) in [4.78, 5) is 12.5. The highest BCUT2D eigenvalue weighted by Crippen LogP contribution is 2.31. The van der Waals surface area contributed by atoms with E-state index in [9.17, 15) is 9.90 Å². The minimum absolute atomic E-state index is 0.143. The number of halogens is 1. The highest BCUT2D eigenvalue weighted by molar-refractivity contribution is 6.32. The van der Waals surface area contributed by atoms with Crippen molar-refractivity contribution >= 4 is 23.2 Å². The van der Waals surface area contributed by atoms with Crippen molar-refractivity contribution in [2.24, 2.45) is 0 Å². The maximum Gasteiger partial charge on any atom is 0.242 e. The van der Waals surface area contributed by atoms with Crippen molar-refractivity contribution in [3.05, 3.63) is 52.5 Å². The number of ether oxygens (including phenoxy) is 1. The van der Waals surface area contributed by atoms with Crippen LogP contribution in [0.3, 0.4) is 0 Å². The summed E-state index contributed by atoms with van der Waals surface area (Å²) >= 11 is 6.08. The molecule has 1 heterocycles. The average molecular weight is 362 g/mol. The summed E-state index contributed by atoms with van der Waals surface area (Å²) in [5.74, 6) is 0.589. The lowest BCUT2D eigenvalue weighted by atomic mass is 9.99. The van der Waals surface area contributed by atoms with Crippen molar-refractivity contribution in [3.63, 3.8) is 0 Å². The Labute approximate surface area is 151 Å². The van der Waals surface area contributed by atoms with Gasteiger partial charge in [0, 0.05) is 11.3 Å². The molecule has 0 radical (unpaired) electrons. The van der Waals surface area contributed by atoms with Gasteiger partial charge in [-0.2, -0.15) is 0 Å². The van der Waals surface area contributed by atoms with E-state index in [1.807, 2.05) is 19.1 Å². The second kappa shape index (κ2) is 7.31. The zero-order valence-electron chi connectivity index (χ0n) is 14.0. The minimum Gasteiger partial charge on any atom is -0.508 e. The van der Waals surface area contributed by atoms with Crippen LogP contribution in [0.4, 0.5) is 5.69 Å². The van der Waals surface area contributed by atoms with Gasteiger partial charge in [-0.3, -0.25) is 4.79 Å². The van der Waals surface area contributed by atoms with Crippen LogP contribution in [0.1, 0.15) is 23.6 Å². The number of aromatic hydroxyl groups is 1. The summed E-state index contributed by atoms with van der Waals surface area (Å²) < 4.78 is 5.10. The number of nitrogens with one attached hydrogen (secondary N) is 3. The molecule has 6 nitrogen and oxygen atoms in total. The summed E-state index contributed by atoms with van der Waals surface area (Å²) in [6.45, 7) is 1.96. The Morgan fingerprint density at radius 3 is 2.80 bits per heavy atom. The summed E-state index contributed by atoms with van der Waals surface area (Å²) in [5.41, 5.74) is 8.47. The molecule has 0 spiro atoms. The normalized spacial score (nSPS) is 19.6. The molecular weight excluding hydrogens is 342 g/mol. The lowest BCUT2D eigenvalue weighted by Crippen LogP contribution is -2.39. The van der Waals surface area contributed by atoms with Crippen LogP contribution in [0.15, 0.2) is 36.4 Å². The maximum atomic E-state index is 12.5. The number of carbonyl (C=O) groups excluding carboxylic acids is 1. The number of hydrogen-bond donors (Lipinski definition) is 4. The van der Waals surface area contributed by atoms with Crippen molar-refractivity contribution in [1.29, 1.82) is 0 Å². The first kappa shape index (κ1) is 17.5. The zero-order chi connectivity index (χ0) is 18.0. The number of phenolic OH excluding ortho intramolecular Hbond substituents is 1. The van der Waals surface area contributed by atoms with Gasteiger partial charge in [-0.05, 0) is 37.6 Å². The fourth-order valence-electron chi connectivity index (χ4n) is 2.86. The second-order valence-electron chi connectivity index (χ2n) is 6.03. The van der Waals surface area contributed by atoms with Crippen LogP contribution < -0.4 is 20.9 Å². The van der Waals surface area contributed by atoms with Gasteiger partial charge in [-0.1, -0.05) is 29.3 Å². The van der Waals surface area contributed by atoms with Crippen molar-refractivity contribution in [3.8, 4) is 11.5 Å². The topological polar surface area (TPSA) is 82.6 Å². The molecular formula is C18H20ClN3O3. The van der Waals surface area contributed by atoms with Crippen molar-refractivity contribution in [2.45, 2.75) is 25.4 Å². The molecule has 2 atom stereocenters. The van der Waals surface area contributed by atoms with Gasteiger partial charge in [0.2, 0.25) is 5.91 Å². The van der Waals surface area contributed by atoms with E-state index in [2.05, 4.69) is 16.2 Å². The smallest absolute Gasteiger partial charge is 0.242 e. The summed E-state index contributed by atoms with van der Waals surface area (Å²) in [6.07, 6.45) is 0.521. The van der Waals surface area contributed by atoms with E-state index in [0.717, 1.165) is 11.1 Å². The third kappa shape index (κ3) is 3.87. The number of methoxy groups -OCH3 is 1. The molecule has 25 heavy (non-hydrogen) atoms. The Kier molecular flexibility index (Phi) is 5.13. The SMILES string of the molecule is COc1ccc(NC(=O)C2CC(c3cc(C)ccc3O)NN2)cc1Cl. The van der Waals surface area contributed by atoms with Gasteiger partial charge in [0.25, 0.3) is 0 Å². The highest BCUT2D eigenvalue weighted by Gasteiger charge is 2.31. The van der Waals surface area contributed by atoms with E-state index in [0.29, 0.717) is 22.9 Å². The van der Waals surface area contributed by atoms with Crippen LogP contribution in [0, 0.1) is 6.92 Å². The molecule has 1 aliphatic rings. The van der Waals surface area contributed by atoms with Crippen LogP contribution in [0.5, 0.6) is 11.5 Å². The lowest BCUT2D eigenvalue weighted by Gasteiger charge is -2.13. The third-order valence-electron chi connectivity index (χ3n) is 4.20. The quantitative estimate of drug-likeness (QED) is 0.673. The molecule has 2 aromatic carbocycles. The molecule has 0 saturated carbocycles. The molecule has 0 aliphatic carbocycles. The van der Waals surface area contributed by atoms with E-state index in [-0.39, 0.29) is 17.7 Å². The molecule has 4 N–H and O–H groups in total. The first-order valence-electron chi connectivity index (χ1n) is 7.93. The number of anilines is 1. The number of benzene rings is 2. The molecule has 3 rings (SSSR count). The number of aryl methyl sites for hydroxylation is 1. The minimum atomic E-state index is -0.425. The fourth-order valence-corrected chi connectivity index (χ4v) is 3.12. The zero-order valence-corrected chi connectivity index (χ0v) is 14.7. The Balaban J connectivity index is 1.66. The predicted molar refractivity (Wildman–Crippen MR) is 96.9 cm³/mol. The highest BCUT2D eigenvalue weighted by atomic mass is 35.5. The standard InChI is InChI=1S/C18H20ClN3O3/c1-10-3-5-16(23)12(7-10)14-9-15(22-21-14)18(24)20-11-4-6-17(25-2)13(19)8-11/h3-8,14-15,21-23H,9H2,1-2H3,(H,20,24). The molecule has 0 aromatic heterocycles. The number of hydrogen-bond acceptors (Lipinski definition) is 5. The summed E-state index contributed by atoms with van der Waals surface area (Å²) in [5, 5.41) is 13.3. The number of amides is 1. The van der Waals surface area contributed by atoms with Gasteiger partial charge in [0.15, 0.2) is 0 Å². The Morgan fingerprint density at radius 2 is 2.08 bits per heavy atom.